The Kier molecular flexibility index (Phi) is 2.66. The molecule has 0 bridgehead atoms. The first-order valence-corrected chi connectivity index (χ1v) is 4.24. The Balaban J connectivity index is 2.11. The maximum atomic E-state index is 8.78. The van der Waals surface area contributed by atoms with Crippen LogP contribution in [0.3, 0.4) is 0 Å². The van der Waals surface area contributed by atoms with Crippen molar-refractivity contribution in [3.8, 4) is 0 Å². The van der Waals surface area contributed by atoms with Gasteiger partial charge in [-0.25, -0.2) is 15.4 Å². The number of rotatable bonds is 2. The zero-order valence-electron chi connectivity index (χ0n) is 7.42. The van der Waals surface area contributed by atoms with Gasteiger partial charge in [0.25, 0.3) is 0 Å². The van der Waals surface area contributed by atoms with Crippen molar-refractivity contribution < 1.29 is 9.94 Å². The van der Waals surface area contributed by atoms with E-state index in [1.165, 1.54) is 0 Å². The summed E-state index contributed by atoms with van der Waals surface area (Å²) >= 11 is 0. The molecule has 14 heavy (non-hydrogen) atoms. The van der Waals surface area contributed by atoms with E-state index in [0.717, 1.165) is 0 Å². The van der Waals surface area contributed by atoms with Gasteiger partial charge in [0.15, 0.2) is 11.7 Å². The lowest BCUT2D eigenvalue weighted by Crippen LogP contribution is -2.39. The summed E-state index contributed by atoms with van der Waals surface area (Å²) in [6.07, 6.45) is 2.97. The van der Waals surface area contributed by atoms with Gasteiger partial charge in [0.05, 0.1) is 13.2 Å². The fourth-order valence-corrected chi connectivity index (χ4v) is 1.03. The maximum Gasteiger partial charge on any atom is 0.197 e. The second-order valence-electron chi connectivity index (χ2n) is 2.79. The molecule has 6 heteroatoms. The van der Waals surface area contributed by atoms with Gasteiger partial charge in [-0.05, 0) is 6.07 Å². The summed E-state index contributed by atoms with van der Waals surface area (Å²) in [6, 6.07) is 1.73. The topological polar surface area (TPSA) is 79.6 Å². The molecule has 0 radical (unpaired) electrons. The minimum absolute atomic E-state index is 0.0561. The van der Waals surface area contributed by atoms with E-state index in [-0.39, 0.29) is 12.7 Å². The largest absolute Gasteiger partial charge is 0.393 e. The highest BCUT2D eigenvalue weighted by atomic mass is 16.7. The molecule has 1 atom stereocenters. The summed E-state index contributed by atoms with van der Waals surface area (Å²) in [4.78, 5) is 17.2. The van der Waals surface area contributed by atoms with Gasteiger partial charge in [0.2, 0.25) is 0 Å². The number of aliphatic hydroxyl groups excluding tert-OH is 1. The van der Waals surface area contributed by atoms with Crippen molar-refractivity contribution in [1.82, 2.24) is 15.4 Å². The highest BCUT2D eigenvalue weighted by Gasteiger charge is 2.17. The van der Waals surface area contributed by atoms with Crippen LogP contribution in [0.15, 0.2) is 23.5 Å². The highest BCUT2D eigenvalue weighted by molar-refractivity contribution is 5.94. The van der Waals surface area contributed by atoms with Gasteiger partial charge in [-0.2, -0.15) is 0 Å². The van der Waals surface area contributed by atoms with Crippen LogP contribution >= 0.6 is 0 Å². The molecule has 0 unspecified atom stereocenters. The average molecular weight is 194 g/mol. The molecule has 2 heterocycles. The first-order chi connectivity index (χ1) is 6.90. The lowest BCUT2D eigenvalue weighted by molar-refractivity contribution is -0.0241. The molecule has 0 fully saturated rings. The van der Waals surface area contributed by atoms with E-state index in [9.17, 15) is 0 Å². The SMILES string of the molecule is OC[C@@H]1CN=C(c2ncccn2)NO1. The van der Waals surface area contributed by atoms with Crippen LogP contribution in [0.4, 0.5) is 0 Å². The number of aliphatic hydroxyl groups is 1. The normalized spacial score (nSPS) is 21.2. The number of hydroxylamine groups is 1. The number of amidine groups is 1. The molecule has 0 saturated heterocycles. The molecule has 6 nitrogen and oxygen atoms in total. The van der Waals surface area contributed by atoms with E-state index in [0.29, 0.717) is 18.2 Å². The Bertz CT molecular complexity index is 327. The van der Waals surface area contributed by atoms with Crippen molar-refractivity contribution >= 4 is 5.84 Å². The summed E-state index contributed by atoms with van der Waals surface area (Å²) in [5.41, 5.74) is 2.60. The predicted molar refractivity (Wildman–Crippen MR) is 48.5 cm³/mol. The Morgan fingerprint density at radius 1 is 1.50 bits per heavy atom. The number of nitrogens with one attached hydrogen (secondary N) is 1. The number of hydrogen-bond acceptors (Lipinski definition) is 6. The maximum absolute atomic E-state index is 8.78. The van der Waals surface area contributed by atoms with Crippen LogP contribution in [0.5, 0.6) is 0 Å². The van der Waals surface area contributed by atoms with Crippen molar-refractivity contribution in [2.24, 2.45) is 4.99 Å². The number of nitrogens with zero attached hydrogens (tertiary/aromatic N) is 3. The minimum atomic E-state index is -0.289. The molecule has 1 aromatic rings. The van der Waals surface area contributed by atoms with Crippen LogP contribution in [0.25, 0.3) is 0 Å². The van der Waals surface area contributed by atoms with Crippen molar-refractivity contribution in [2.45, 2.75) is 6.10 Å². The van der Waals surface area contributed by atoms with Crippen molar-refractivity contribution in [3.63, 3.8) is 0 Å². The predicted octanol–water partition coefficient (Wildman–Crippen LogP) is -0.881. The van der Waals surface area contributed by atoms with E-state index < -0.39 is 0 Å². The second-order valence-corrected chi connectivity index (χ2v) is 2.79. The average Bonchev–Trinajstić information content (AvgIpc) is 2.30. The lowest BCUT2D eigenvalue weighted by atomic mass is 10.3. The van der Waals surface area contributed by atoms with Crippen LogP contribution in [0, 0.1) is 0 Å². The standard InChI is InChI=1S/C8H10N4O2/c13-5-6-4-11-8(12-14-6)7-9-2-1-3-10-7/h1-3,6,13H,4-5H2,(H,11,12)/t6-/m0/s1. The first-order valence-electron chi connectivity index (χ1n) is 4.24. The molecular weight excluding hydrogens is 184 g/mol. The summed E-state index contributed by atoms with van der Waals surface area (Å²) < 4.78 is 0. The summed E-state index contributed by atoms with van der Waals surface area (Å²) in [6.45, 7) is 0.358. The zero-order chi connectivity index (χ0) is 9.80. The highest BCUT2D eigenvalue weighted by Crippen LogP contribution is 2.00. The molecule has 74 valence electrons. The molecule has 0 saturated carbocycles. The monoisotopic (exact) mass is 194 g/mol. The van der Waals surface area contributed by atoms with E-state index in [4.69, 9.17) is 9.94 Å². The zero-order valence-corrected chi connectivity index (χ0v) is 7.42. The molecule has 1 aliphatic heterocycles. The van der Waals surface area contributed by atoms with Crippen molar-refractivity contribution in [3.05, 3.63) is 24.3 Å². The summed E-state index contributed by atoms with van der Waals surface area (Å²) in [5, 5.41) is 8.78. The Hall–Kier alpha value is -1.53. The number of hydrogen-bond donors (Lipinski definition) is 2. The minimum Gasteiger partial charge on any atom is -0.393 e. The second kappa shape index (κ2) is 4.12. The van der Waals surface area contributed by atoms with Gasteiger partial charge in [-0.1, -0.05) is 0 Å². The molecular formula is C8H10N4O2. The summed E-state index contributed by atoms with van der Waals surface area (Å²) in [7, 11) is 0. The lowest BCUT2D eigenvalue weighted by Gasteiger charge is -2.19. The van der Waals surface area contributed by atoms with E-state index >= 15 is 0 Å². The Morgan fingerprint density at radius 2 is 2.29 bits per heavy atom. The van der Waals surface area contributed by atoms with E-state index in [1.54, 1.807) is 18.5 Å². The van der Waals surface area contributed by atoms with Crippen LogP contribution in [0.1, 0.15) is 5.82 Å². The first kappa shape index (κ1) is 9.04. The van der Waals surface area contributed by atoms with Gasteiger partial charge in [0, 0.05) is 12.4 Å². The molecule has 1 aliphatic rings. The fraction of sp³-hybridized carbons (Fsp3) is 0.375. The van der Waals surface area contributed by atoms with Crippen molar-refractivity contribution in [1.29, 1.82) is 0 Å². The van der Waals surface area contributed by atoms with Crippen LogP contribution in [-0.4, -0.2) is 40.2 Å². The summed E-state index contributed by atoms with van der Waals surface area (Å²) in [5.74, 6) is 0.985. The molecule has 1 aromatic heterocycles. The number of aliphatic imine (C=N–C) groups is 1. The Morgan fingerprint density at radius 3 is 2.86 bits per heavy atom. The molecule has 0 aliphatic carbocycles. The van der Waals surface area contributed by atoms with Gasteiger partial charge < -0.3 is 5.11 Å². The third-order valence-corrected chi connectivity index (χ3v) is 1.76. The van der Waals surface area contributed by atoms with Gasteiger partial charge >= 0.3 is 0 Å². The third-order valence-electron chi connectivity index (χ3n) is 1.76. The van der Waals surface area contributed by atoms with E-state index in [1.807, 2.05) is 0 Å². The van der Waals surface area contributed by atoms with Gasteiger partial charge in [-0.15, -0.1) is 0 Å². The molecule has 2 rings (SSSR count). The van der Waals surface area contributed by atoms with Crippen LogP contribution in [-0.2, 0) is 4.84 Å². The third kappa shape index (κ3) is 1.86. The quantitative estimate of drug-likeness (QED) is 0.639. The van der Waals surface area contributed by atoms with Crippen LogP contribution in [0.2, 0.25) is 0 Å². The molecule has 0 aromatic carbocycles. The van der Waals surface area contributed by atoms with Crippen molar-refractivity contribution in [2.75, 3.05) is 13.2 Å². The van der Waals surface area contributed by atoms with Gasteiger partial charge in [0.1, 0.15) is 6.10 Å². The van der Waals surface area contributed by atoms with E-state index in [2.05, 4.69) is 20.4 Å². The molecule has 0 spiro atoms. The smallest absolute Gasteiger partial charge is 0.197 e. The fourth-order valence-electron chi connectivity index (χ4n) is 1.03. The van der Waals surface area contributed by atoms with Crippen LogP contribution < -0.4 is 5.48 Å². The molecule has 0 amide bonds. The Labute approximate surface area is 80.6 Å². The molecule has 2 N–H and O–H groups in total. The van der Waals surface area contributed by atoms with Gasteiger partial charge in [-0.3, -0.25) is 9.83 Å². The number of aromatic nitrogens is 2.